The van der Waals surface area contributed by atoms with Crippen molar-refractivity contribution in [1.82, 2.24) is 4.90 Å². The molecule has 0 amide bonds. The van der Waals surface area contributed by atoms with Crippen LogP contribution in [-0.2, 0) is 0 Å². The van der Waals surface area contributed by atoms with Crippen molar-refractivity contribution < 1.29 is 0 Å². The van der Waals surface area contributed by atoms with Crippen molar-refractivity contribution in [3.8, 4) is 0 Å². The van der Waals surface area contributed by atoms with Gasteiger partial charge < -0.3 is 4.90 Å². The summed E-state index contributed by atoms with van der Waals surface area (Å²) in [5.74, 6) is 0.556. The molecule has 1 aliphatic rings. The Kier molecular flexibility index (Phi) is 3.86. The number of hydrogen-bond acceptors (Lipinski definition) is 2. The summed E-state index contributed by atoms with van der Waals surface area (Å²) in [6.45, 7) is 1.09. The van der Waals surface area contributed by atoms with Gasteiger partial charge in [0.1, 0.15) is 0 Å². The molecule has 16 heavy (non-hydrogen) atoms. The first-order chi connectivity index (χ1) is 7.75. The molecule has 1 unspecified atom stereocenters. The Labute approximate surface area is 102 Å². The highest BCUT2D eigenvalue weighted by Gasteiger charge is 2.16. The van der Waals surface area contributed by atoms with Gasteiger partial charge in [-0.3, -0.25) is 0 Å². The van der Waals surface area contributed by atoms with Crippen LogP contribution in [0.1, 0.15) is 0 Å². The Hall–Kier alpha value is -0.990. The molecule has 1 aromatic rings. The van der Waals surface area contributed by atoms with Crippen LogP contribution >= 0.6 is 11.8 Å². The standard InChI is InChI=1S/C14H17NS/c1-15(2)11-12-7-6-10-14(12)16-13-8-4-3-5-9-13/h3-10,12H,11H2,1-2H3. The molecule has 0 spiro atoms. The highest BCUT2D eigenvalue weighted by Crippen LogP contribution is 2.35. The smallest absolute Gasteiger partial charge is 0.0212 e. The molecule has 2 rings (SSSR count). The van der Waals surface area contributed by atoms with Crippen LogP contribution in [-0.4, -0.2) is 25.5 Å². The summed E-state index contributed by atoms with van der Waals surface area (Å²) in [6.07, 6.45) is 6.68. The highest BCUT2D eigenvalue weighted by atomic mass is 32.2. The molecule has 0 saturated carbocycles. The van der Waals surface area contributed by atoms with Gasteiger partial charge >= 0.3 is 0 Å². The van der Waals surface area contributed by atoms with Gasteiger partial charge in [-0.2, -0.15) is 0 Å². The second-order valence-corrected chi connectivity index (χ2v) is 5.38. The zero-order chi connectivity index (χ0) is 11.4. The number of allylic oxidation sites excluding steroid dienone is 2. The average Bonchev–Trinajstić information content (AvgIpc) is 2.66. The van der Waals surface area contributed by atoms with E-state index in [9.17, 15) is 0 Å². The number of hydrogen-bond donors (Lipinski definition) is 0. The number of rotatable bonds is 4. The van der Waals surface area contributed by atoms with Gasteiger partial charge in [0, 0.05) is 17.4 Å². The SMILES string of the molecule is CN(C)CC1C=CC=C1Sc1ccccc1. The quantitative estimate of drug-likeness (QED) is 0.781. The predicted octanol–water partition coefficient (Wildman–Crippen LogP) is 3.41. The summed E-state index contributed by atoms with van der Waals surface area (Å²) in [4.78, 5) is 5.00. The zero-order valence-corrected chi connectivity index (χ0v) is 10.6. The maximum Gasteiger partial charge on any atom is 0.0212 e. The van der Waals surface area contributed by atoms with E-state index < -0.39 is 0 Å². The van der Waals surface area contributed by atoms with Gasteiger partial charge in [-0.25, -0.2) is 0 Å². The van der Waals surface area contributed by atoms with Crippen molar-refractivity contribution in [3.63, 3.8) is 0 Å². The molecule has 1 aliphatic carbocycles. The largest absolute Gasteiger partial charge is 0.308 e. The van der Waals surface area contributed by atoms with Gasteiger partial charge in [0.05, 0.1) is 0 Å². The molecule has 0 fully saturated rings. The van der Waals surface area contributed by atoms with Crippen LogP contribution in [0.4, 0.5) is 0 Å². The summed E-state index contributed by atoms with van der Waals surface area (Å²) < 4.78 is 0. The molecular formula is C14H17NS. The summed E-state index contributed by atoms with van der Waals surface area (Å²) in [6, 6.07) is 10.6. The molecule has 0 radical (unpaired) electrons. The maximum atomic E-state index is 2.28. The Balaban J connectivity index is 2.00. The molecule has 1 nitrogen and oxygen atoms in total. The fraction of sp³-hybridized carbons (Fsp3) is 0.286. The van der Waals surface area contributed by atoms with E-state index in [2.05, 4.69) is 67.6 Å². The van der Waals surface area contributed by atoms with Gasteiger partial charge in [0.15, 0.2) is 0 Å². The summed E-state index contributed by atoms with van der Waals surface area (Å²) >= 11 is 1.87. The van der Waals surface area contributed by atoms with E-state index in [-0.39, 0.29) is 0 Å². The van der Waals surface area contributed by atoms with Crippen molar-refractivity contribution in [2.24, 2.45) is 5.92 Å². The summed E-state index contributed by atoms with van der Waals surface area (Å²) in [5.41, 5.74) is 0. The minimum Gasteiger partial charge on any atom is -0.308 e. The van der Waals surface area contributed by atoms with E-state index in [0.29, 0.717) is 5.92 Å². The van der Waals surface area contributed by atoms with Crippen LogP contribution < -0.4 is 0 Å². The van der Waals surface area contributed by atoms with Crippen LogP contribution in [0.15, 0.2) is 58.4 Å². The molecule has 1 aromatic carbocycles. The monoisotopic (exact) mass is 231 g/mol. The molecule has 0 N–H and O–H groups in total. The second kappa shape index (κ2) is 5.37. The van der Waals surface area contributed by atoms with Crippen LogP contribution in [0.2, 0.25) is 0 Å². The normalized spacial score (nSPS) is 19.2. The number of benzene rings is 1. The van der Waals surface area contributed by atoms with Crippen molar-refractivity contribution in [1.29, 1.82) is 0 Å². The number of nitrogens with zero attached hydrogens (tertiary/aromatic N) is 1. The molecule has 0 heterocycles. The van der Waals surface area contributed by atoms with Crippen molar-refractivity contribution in [3.05, 3.63) is 53.5 Å². The Bertz CT molecular complexity index is 392. The maximum absolute atomic E-state index is 2.28. The summed E-state index contributed by atoms with van der Waals surface area (Å²) in [5, 5.41) is 0. The minimum absolute atomic E-state index is 0.556. The van der Waals surface area contributed by atoms with E-state index in [0.717, 1.165) is 6.54 Å². The topological polar surface area (TPSA) is 3.24 Å². The summed E-state index contributed by atoms with van der Waals surface area (Å²) in [7, 11) is 4.24. The van der Waals surface area contributed by atoms with Crippen LogP contribution in [0.25, 0.3) is 0 Å². The van der Waals surface area contributed by atoms with Crippen molar-refractivity contribution in [2.75, 3.05) is 20.6 Å². The number of thioether (sulfide) groups is 1. The van der Waals surface area contributed by atoms with Gasteiger partial charge in [-0.05, 0) is 31.1 Å². The lowest BCUT2D eigenvalue weighted by atomic mass is 10.1. The fourth-order valence-electron chi connectivity index (χ4n) is 1.78. The first kappa shape index (κ1) is 11.5. The first-order valence-electron chi connectivity index (χ1n) is 5.52. The van der Waals surface area contributed by atoms with Gasteiger partial charge in [-0.1, -0.05) is 48.2 Å². The van der Waals surface area contributed by atoms with Crippen molar-refractivity contribution >= 4 is 11.8 Å². The Morgan fingerprint density at radius 3 is 2.62 bits per heavy atom. The molecule has 1 atom stereocenters. The Morgan fingerprint density at radius 1 is 1.19 bits per heavy atom. The lowest BCUT2D eigenvalue weighted by Crippen LogP contribution is -2.20. The van der Waals surface area contributed by atoms with Crippen LogP contribution in [0.3, 0.4) is 0 Å². The second-order valence-electron chi connectivity index (χ2n) is 4.24. The zero-order valence-electron chi connectivity index (χ0n) is 9.76. The first-order valence-corrected chi connectivity index (χ1v) is 6.33. The van der Waals surface area contributed by atoms with Gasteiger partial charge in [0.25, 0.3) is 0 Å². The van der Waals surface area contributed by atoms with Crippen molar-refractivity contribution in [2.45, 2.75) is 4.90 Å². The lowest BCUT2D eigenvalue weighted by Gasteiger charge is -2.18. The average molecular weight is 231 g/mol. The van der Waals surface area contributed by atoms with E-state index in [1.165, 1.54) is 9.80 Å². The molecule has 84 valence electrons. The van der Waals surface area contributed by atoms with E-state index in [1.807, 2.05) is 11.8 Å². The fourth-order valence-corrected chi connectivity index (χ4v) is 2.80. The minimum atomic E-state index is 0.556. The third-order valence-electron chi connectivity index (χ3n) is 2.51. The molecule has 0 saturated heterocycles. The molecule has 2 heteroatoms. The van der Waals surface area contributed by atoms with Crippen LogP contribution in [0, 0.1) is 5.92 Å². The molecular weight excluding hydrogens is 214 g/mol. The lowest BCUT2D eigenvalue weighted by molar-refractivity contribution is 0.385. The van der Waals surface area contributed by atoms with Crippen LogP contribution in [0.5, 0.6) is 0 Å². The molecule has 0 bridgehead atoms. The predicted molar refractivity (Wildman–Crippen MR) is 71.6 cm³/mol. The van der Waals surface area contributed by atoms with E-state index in [1.54, 1.807) is 0 Å². The van der Waals surface area contributed by atoms with E-state index >= 15 is 0 Å². The third-order valence-corrected chi connectivity index (χ3v) is 3.69. The van der Waals surface area contributed by atoms with Gasteiger partial charge in [-0.15, -0.1) is 0 Å². The molecule has 0 aliphatic heterocycles. The molecule has 0 aromatic heterocycles. The van der Waals surface area contributed by atoms with E-state index in [4.69, 9.17) is 0 Å². The highest BCUT2D eigenvalue weighted by molar-refractivity contribution is 8.03. The third kappa shape index (κ3) is 3.00. The Morgan fingerprint density at radius 2 is 1.94 bits per heavy atom. The van der Waals surface area contributed by atoms with Gasteiger partial charge in [0.2, 0.25) is 0 Å².